The molecule has 2 aromatic rings. The highest BCUT2D eigenvalue weighted by atomic mass is 16.6. The molecule has 1 heterocycles. The average Bonchev–Trinajstić information content (AvgIpc) is 2.57. The third-order valence-corrected chi connectivity index (χ3v) is 2.12. The van der Waals surface area contributed by atoms with Gasteiger partial charge in [-0.2, -0.15) is 0 Å². The second-order valence-electron chi connectivity index (χ2n) is 4.77. The van der Waals surface area contributed by atoms with Gasteiger partial charge in [0.05, 0.1) is 11.0 Å². The van der Waals surface area contributed by atoms with Crippen LogP contribution < -0.4 is 0 Å². The maximum Gasteiger partial charge on any atom is 0.420 e. The van der Waals surface area contributed by atoms with Crippen molar-refractivity contribution in [2.24, 2.45) is 0 Å². The number of phenols is 1. The Kier molecular flexibility index (Phi) is 2.53. The largest absolute Gasteiger partial charge is 0.508 e. The molecule has 1 aromatic carbocycles. The maximum absolute atomic E-state index is 11.9. The molecule has 5 nitrogen and oxygen atoms in total. The number of aromatic hydroxyl groups is 1. The van der Waals surface area contributed by atoms with Crippen LogP contribution in [-0.4, -0.2) is 26.4 Å². The molecule has 2 rings (SSSR count). The van der Waals surface area contributed by atoms with E-state index in [0.717, 1.165) is 0 Å². The molecule has 5 heteroatoms. The van der Waals surface area contributed by atoms with Crippen molar-refractivity contribution in [1.29, 1.82) is 0 Å². The van der Waals surface area contributed by atoms with Gasteiger partial charge in [-0.15, -0.1) is 0 Å². The monoisotopic (exact) mass is 234 g/mol. The predicted octanol–water partition coefficient (Wildman–Crippen LogP) is 2.53. The highest BCUT2D eigenvalue weighted by molar-refractivity contribution is 5.87. The molecule has 17 heavy (non-hydrogen) atoms. The van der Waals surface area contributed by atoms with Crippen LogP contribution in [0, 0.1) is 0 Å². The van der Waals surface area contributed by atoms with E-state index in [1.165, 1.54) is 23.0 Å². The topological polar surface area (TPSA) is 64.4 Å². The summed E-state index contributed by atoms with van der Waals surface area (Å²) in [6.45, 7) is 5.40. The third-order valence-electron chi connectivity index (χ3n) is 2.12. The quantitative estimate of drug-likeness (QED) is 0.760. The van der Waals surface area contributed by atoms with E-state index in [0.29, 0.717) is 11.0 Å². The van der Waals surface area contributed by atoms with Gasteiger partial charge in [0.1, 0.15) is 17.7 Å². The Morgan fingerprint density at radius 2 is 2.12 bits per heavy atom. The van der Waals surface area contributed by atoms with Crippen LogP contribution in [0.4, 0.5) is 4.79 Å². The van der Waals surface area contributed by atoms with Crippen molar-refractivity contribution in [2.75, 3.05) is 0 Å². The van der Waals surface area contributed by atoms with Gasteiger partial charge in [0, 0.05) is 6.07 Å². The maximum atomic E-state index is 11.9. The van der Waals surface area contributed by atoms with Gasteiger partial charge in [-0.05, 0) is 32.9 Å². The lowest BCUT2D eigenvalue weighted by Crippen LogP contribution is -2.26. The fourth-order valence-electron chi connectivity index (χ4n) is 1.46. The van der Waals surface area contributed by atoms with Gasteiger partial charge in [0.2, 0.25) is 0 Å². The zero-order valence-corrected chi connectivity index (χ0v) is 9.97. The molecule has 0 fully saturated rings. The lowest BCUT2D eigenvalue weighted by Gasteiger charge is -2.19. The van der Waals surface area contributed by atoms with Crippen LogP contribution in [0.3, 0.4) is 0 Å². The Morgan fingerprint density at radius 3 is 2.76 bits per heavy atom. The highest BCUT2D eigenvalue weighted by Crippen LogP contribution is 2.19. The van der Waals surface area contributed by atoms with Crippen molar-refractivity contribution >= 4 is 17.1 Å². The standard InChI is InChI=1S/C12H14N2O3/c1-12(2,3)17-11(16)14-7-13-9-6-8(15)4-5-10(9)14/h4-7,15H,1-3H3. The highest BCUT2D eigenvalue weighted by Gasteiger charge is 2.19. The van der Waals surface area contributed by atoms with Crippen molar-refractivity contribution in [3.63, 3.8) is 0 Å². The number of imidazole rings is 1. The van der Waals surface area contributed by atoms with E-state index in [4.69, 9.17) is 4.74 Å². The Hall–Kier alpha value is -2.04. The minimum Gasteiger partial charge on any atom is -0.508 e. The van der Waals surface area contributed by atoms with Gasteiger partial charge in [0.15, 0.2) is 0 Å². The molecular formula is C12H14N2O3. The Balaban J connectivity index is 2.40. The van der Waals surface area contributed by atoms with E-state index in [9.17, 15) is 9.90 Å². The molecule has 0 spiro atoms. The van der Waals surface area contributed by atoms with Gasteiger partial charge in [-0.1, -0.05) is 0 Å². The van der Waals surface area contributed by atoms with Gasteiger partial charge >= 0.3 is 6.09 Å². The number of benzene rings is 1. The summed E-state index contributed by atoms with van der Waals surface area (Å²) in [6, 6.07) is 4.63. The Morgan fingerprint density at radius 1 is 1.41 bits per heavy atom. The first-order chi connectivity index (χ1) is 7.87. The number of hydrogen-bond acceptors (Lipinski definition) is 4. The molecule has 0 bridgehead atoms. The number of nitrogens with zero attached hydrogens (tertiary/aromatic N) is 2. The molecule has 0 aliphatic heterocycles. The number of hydrogen-bond donors (Lipinski definition) is 1. The zero-order valence-electron chi connectivity index (χ0n) is 9.97. The molecule has 1 N–H and O–H groups in total. The SMILES string of the molecule is CC(C)(C)OC(=O)n1cnc2cc(O)ccc21. The fraction of sp³-hybridized carbons (Fsp3) is 0.333. The van der Waals surface area contributed by atoms with E-state index in [1.54, 1.807) is 26.8 Å². The van der Waals surface area contributed by atoms with Crippen molar-refractivity contribution in [1.82, 2.24) is 9.55 Å². The molecule has 0 aliphatic rings. The number of phenolic OH excluding ortho intramolecular Hbond substituents is 1. The Bertz CT molecular complexity index is 567. The van der Waals surface area contributed by atoms with Crippen molar-refractivity contribution in [3.8, 4) is 5.75 Å². The van der Waals surface area contributed by atoms with Gasteiger partial charge in [-0.25, -0.2) is 14.3 Å². The molecular weight excluding hydrogens is 220 g/mol. The molecule has 0 aliphatic carbocycles. The van der Waals surface area contributed by atoms with Crippen LogP contribution in [0.1, 0.15) is 20.8 Å². The van der Waals surface area contributed by atoms with Gasteiger partial charge < -0.3 is 9.84 Å². The number of carbonyl (C=O) groups is 1. The number of fused-ring (bicyclic) bond motifs is 1. The van der Waals surface area contributed by atoms with Gasteiger partial charge in [-0.3, -0.25) is 0 Å². The van der Waals surface area contributed by atoms with Crippen LogP contribution in [0.2, 0.25) is 0 Å². The van der Waals surface area contributed by atoms with Crippen LogP contribution in [0.25, 0.3) is 11.0 Å². The minimum atomic E-state index is -0.551. The summed E-state index contributed by atoms with van der Waals surface area (Å²) >= 11 is 0. The molecule has 0 unspecified atom stereocenters. The first-order valence-electron chi connectivity index (χ1n) is 5.26. The summed E-state index contributed by atoms with van der Waals surface area (Å²) < 4.78 is 6.56. The Labute approximate surface area is 98.6 Å². The van der Waals surface area contributed by atoms with E-state index < -0.39 is 11.7 Å². The van der Waals surface area contributed by atoms with Crippen molar-refractivity contribution < 1.29 is 14.6 Å². The zero-order chi connectivity index (χ0) is 12.6. The normalized spacial score (nSPS) is 11.7. The van der Waals surface area contributed by atoms with Crippen LogP contribution in [0.15, 0.2) is 24.5 Å². The number of ether oxygens (including phenoxy) is 1. The number of carbonyl (C=O) groups excluding carboxylic acids is 1. The molecule has 0 radical (unpaired) electrons. The summed E-state index contributed by atoms with van der Waals surface area (Å²) in [5.74, 6) is 0.118. The van der Waals surface area contributed by atoms with E-state index in [1.807, 2.05) is 0 Å². The van der Waals surface area contributed by atoms with Crippen LogP contribution in [-0.2, 0) is 4.74 Å². The minimum absolute atomic E-state index is 0.118. The van der Waals surface area contributed by atoms with Crippen LogP contribution >= 0.6 is 0 Å². The summed E-state index contributed by atoms with van der Waals surface area (Å²) in [5, 5.41) is 9.30. The smallest absolute Gasteiger partial charge is 0.420 e. The van der Waals surface area contributed by atoms with Crippen molar-refractivity contribution in [2.45, 2.75) is 26.4 Å². The summed E-state index contributed by atoms with van der Waals surface area (Å²) in [5.41, 5.74) is 0.609. The molecule has 0 saturated heterocycles. The third kappa shape index (κ3) is 2.38. The average molecular weight is 234 g/mol. The van der Waals surface area contributed by atoms with Crippen LogP contribution in [0.5, 0.6) is 5.75 Å². The summed E-state index contributed by atoms with van der Waals surface area (Å²) in [7, 11) is 0. The molecule has 0 amide bonds. The van der Waals surface area contributed by atoms with Gasteiger partial charge in [0.25, 0.3) is 0 Å². The summed E-state index contributed by atoms with van der Waals surface area (Å²) in [6.07, 6.45) is 0.906. The van der Waals surface area contributed by atoms with E-state index in [2.05, 4.69) is 4.98 Å². The molecule has 0 saturated carbocycles. The molecule has 1 aromatic heterocycles. The predicted molar refractivity (Wildman–Crippen MR) is 63.0 cm³/mol. The first kappa shape index (κ1) is 11.4. The first-order valence-corrected chi connectivity index (χ1v) is 5.26. The van der Waals surface area contributed by atoms with Crippen molar-refractivity contribution in [3.05, 3.63) is 24.5 Å². The molecule has 0 atom stereocenters. The summed E-state index contributed by atoms with van der Waals surface area (Å²) in [4.78, 5) is 15.9. The van der Waals surface area contributed by atoms with E-state index in [-0.39, 0.29) is 5.75 Å². The fourth-order valence-corrected chi connectivity index (χ4v) is 1.46. The second-order valence-corrected chi connectivity index (χ2v) is 4.77. The molecule has 90 valence electrons. The lowest BCUT2D eigenvalue weighted by atomic mass is 10.2. The second kappa shape index (κ2) is 3.76. The van der Waals surface area contributed by atoms with E-state index >= 15 is 0 Å². The number of rotatable bonds is 0. The number of aromatic nitrogens is 2. The lowest BCUT2D eigenvalue weighted by molar-refractivity contribution is 0.0543.